The largest absolute Gasteiger partial charge is 0.500 e. The molecule has 1 heterocycles. The van der Waals surface area contributed by atoms with Crippen LogP contribution in [0.1, 0.15) is 31.7 Å². The van der Waals surface area contributed by atoms with Crippen LogP contribution in [0.5, 0.6) is 11.5 Å². The van der Waals surface area contributed by atoms with Crippen molar-refractivity contribution in [3.05, 3.63) is 32.7 Å². The van der Waals surface area contributed by atoms with Gasteiger partial charge in [-0.25, -0.2) is 0 Å². The Morgan fingerprint density at radius 3 is 2.68 bits per heavy atom. The van der Waals surface area contributed by atoms with E-state index in [1.165, 1.54) is 24.2 Å². The molecule has 1 aromatic rings. The third-order valence-electron chi connectivity index (χ3n) is 3.65. The Morgan fingerprint density at radius 2 is 2.08 bits per heavy atom. The number of phenols is 1. The molecule has 0 aliphatic carbocycles. The molecule has 0 bridgehead atoms. The normalized spacial score (nSPS) is 15.9. The van der Waals surface area contributed by atoms with Gasteiger partial charge in [0, 0.05) is 12.6 Å². The van der Waals surface area contributed by atoms with E-state index in [1.54, 1.807) is 0 Å². The lowest BCUT2D eigenvalue weighted by molar-refractivity contribution is -0.386. The topological polar surface area (TPSA) is 110 Å². The van der Waals surface area contributed by atoms with Gasteiger partial charge in [-0.05, 0) is 35.9 Å². The summed E-state index contributed by atoms with van der Waals surface area (Å²) in [5.74, 6) is -1.08. The van der Waals surface area contributed by atoms with E-state index in [4.69, 9.17) is 4.74 Å². The fourth-order valence-corrected chi connectivity index (χ4v) is 3.22. The number of hydrogen-bond donors (Lipinski definition) is 1. The molecule has 0 radical (unpaired) electrons. The maximum absolute atomic E-state index is 12.4. The molecule has 8 nitrogen and oxygen atoms in total. The summed E-state index contributed by atoms with van der Waals surface area (Å²) in [6, 6.07) is 2.50. The van der Waals surface area contributed by atoms with Gasteiger partial charge in [0.25, 0.3) is 11.1 Å². The quantitative estimate of drug-likeness (QED) is 0.340. The van der Waals surface area contributed by atoms with Crippen LogP contribution in [0.25, 0.3) is 6.08 Å². The first-order valence-corrected chi connectivity index (χ1v) is 8.51. The lowest BCUT2D eigenvalue weighted by Gasteiger charge is -2.11. The number of hydrogen-bond acceptors (Lipinski definition) is 7. The van der Waals surface area contributed by atoms with Gasteiger partial charge in [-0.1, -0.05) is 19.8 Å². The summed E-state index contributed by atoms with van der Waals surface area (Å²) in [4.78, 5) is 36.0. The van der Waals surface area contributed by atoms with Crippen LogP contribution < -0.4 is 4.74 Å². The number of benzene rings is 1. The predicted molar refractivity (Wildman–Crippen MR) is 93.5 cm³/mol. The minimum atomic E-state index is -0.744. The van der Waals surface area contributed by atoms with Crippen molar-refractivity contribution >= 4 is 34.7 Å². The molecule has 1 aliphatic heterocycles. The zero-order valence-electron chi connectivity index (χ0n) is 13.9. The van der Waals surface area contributed by atoms with E-state index in [2.05, 4.69) is 0 Å². The second kappa shape index (κ2) is 8.02. The summed E-state index contributed by atoms with van der Waals surface area (Å²) in [7, 11) is 1.27. The standard InChI is InChI=1S/C16H18N2O6S/c1-3-4-5-6-17-15(20)13(25-16(17)21)9-10-7-11(18(22)23)14(19)12(8-10)24-2/h7-9,19H,3-6H2,1-2H3/b13-9-. The molecule has 2 rings (SSSR count). The molecular weight excluding hydrogens is 348 g/mol. The van der Waals surface area contributed by atoms with Crippen LogP contribution in [-0.4, -0.2) is 39.7 Å². The van der Waals surface area contributed by atoms with Gasteiger partial charge in [0.1, 0.15) is 0 Å². The highest BCUT2D eigenvalue weighted by molar-refractivity contribution is 8.18. The van der Waals surface area contributed by atoms with Gasteiger partial charge in [-0.3, -0.25) is 24.6 Å². The van der Waals surface area contributed by atoms with Crippen LogP contribution in [0.3, 0.4) is 0 Å². The number of methoxy groups -OCH3 is 1. The van der Waals surface area contributed by atoms with Crippen molar-refractivity contribution in [1.29, 1.82) is 0 Å². The van der Waals surface area contributed by atoms with Gasteiger partial charge in [-0.2, -0.15) is 0 Å². The first-order valence-electron chi connectivity index (χ1n) is 7.69. The van der Waals surface area contributed by atoms with E-state index in [1.807, 2.05) is 6.92 Å². The van der Waals surface area contributed by atoms with Gasteiger partial charge in [0.15, 0.2) is 5.75 Å². The molecule has 1 fully saturated rings. The number of thioether (sulfide) groups is 1. The van der Waals surface area contributed by atoms with E-state index in [-0.39, 0.29) is 15.9 Å². The zero-order valence-corrected chi connectivity index (χ0v) is 14.7. The van der Waals surface area contributed by atoms with E-state index < -0.39 is 22.3 Å². The maximum atomic E-state index is 12.4. The number of imide groups is 1. The number of nitro groups is 1. The molecule has 134 valence electrons. The van der Waals surface area contributed by atoms with Gasteiger partial charge < -0.3 is 9.84 Å². The highest BCUT2D eigenvalue weighted by Gasteiger charge is 2.34. The fourth-order valence-electron chi connectivity index (χ4n) is 2.36. The Kier molecular flexibility index (Phi) is 6.02. The molecule has 9 heteroatoms. The highest BCUT2D eigenvalue weighted by atomic mass is 32.2. The molecule has 1 aliphatic rings. The van der Waals surface area contributed by atoms with E-state index >= 15 is 0 Å². The van der Waals surface area contributed by atoms with Crippen LogP contribution in [0, 0.1) is 10.1 Å². The van der Waals surface area contributed by atoms with Gasteiger partial charge in [0.05, 0.1) is 16.9 Å². The summed E-state index contributed by atoms with van der Waals surface area (Å²) in [5, 5.41) is 20.5. The number of ether oxygens (including phenoxy) is 1. The molecule has 1 saturated heterocycles. The Labute approximate surface area is 148 Å². The van der Waals surface area contributed by atoms with Crippen molar-refractivity contribution in [2.24, 2.45) is 0 Å². The third-order valence-corrected chi connectivity index (χ3v) is 4.56. The number of carbonyl (C=O) groups excluding carboxylic acids is 2. The first kappa shape index (κ1) is 18.8. The second-order valence-corrected chi connectivity index (χ2v) is 6.38. The molecule has 0 unspecified atom stereocenters. The number of nitrogens with zero attached hydrogens (tertiary/aromatic N) is 2. The van der Waals surface area contributed by atoms with Crippen molar-refractivity contribution in [3.63, 3.8) is 0 Å². The summed E-state index contributed by atoms with van der Waals surface area (Å²) in [6.45, 7) is 2.38. The van der Waals surface area contributed by atoms with Crippen molar-refractivity contribution in [1.82, 2.24) is 4.90 Å². The van der Waals surface area contributed by atoms with Crippen molar-refractivity contribution in [2.75, 3.05) is 13.7 Å². The Balaban J connectivity index is 2.31. The van der Waals surface area contributed by atoms with Crippen LogP contribution in [0.4, 0.5) is 10.5 Å². The number of unbranched alkanes of at least 4 members (excludes halogenated alkanes) is 2. The number of amides is 2. The third kappa shape index (κ3) is 4.11. The monoisotopic (exact) mass is 366 g/mol. The average Bonchev–Trinajstić information content (AvgIpc) is 2.83. The van der Waals surface area contributed by atoms with Crippen molar-refractivity contribution in [3.8, 4) is 11.5 Å². The lowest BCUT2D eigenvalue weighted by Crippen LogP contribution is -2.29. The smallest absolute Gasteiger partial charge is 0.315 e. The predicted octanol–water partition coefficient (Wildman–Crippen LogP) is 3.54. The number of aromatic hydroxyl groups is 1. The molecule has 0 saturated carbocycles. The van der Waals surface area contributed by atoms with Crippen molar-refractivity contribution in [2.45, 2.75) is 26.2 Å². The molecule has 0 aromatic heterocycles. The number of phenolic OH excluding ortho intramolecular Hbond substituents is 1. The van der Waals surface area contributed by atoms with Gasteiger partial charge >= 0.3 is 5.69 Å². The maximum Gasteiger partial charge on any atom is 0.315 e. The van der Waals surface area contributed by atoms with Crippen LogP contribution >= 0.6 is 11.8 Å². The molecule has 1 N–H and O–H groups in total. The summed E-state index contributed by atoms with van der Waals surface area (Å²) >= 11 is 0.792. The molecule has 25 heavy (non-hydrogen) atoms. The first-order chi connectivity index (χ1) is 11.9. The number of nitro benzene ring substituents is 1. The SMILES string of the molecule is CCCCCN1C(=O)S/C(=C\c2cc(OC)c(O)c([N+](=O)[O-])c2)C1=O. The highest BCUT2D eigenvalue weighted by Crippen LogP contribution is 2.39. The minimum Gasteiger partial charge on any atom is -0.500 e. The summed E-state index contributed by atoms with van der Waals surface area (Å²) < 4.78 is 4.92. The molecule has 2 amide bonds. The second-order valence-electron chi connectivity index (χ2n) is 5.39. The zero-order chi connectivity index (χ0) is 18.6. The Bertz CT molecular complexity index is 746. The van der Waals surface area contributed by atoms with Crippen molar-refractivity contribution < 1.29 is 24.4 Å². The molecular formula is C16H18N2O6S. The van der Waals surface area contributed by atoms with Crippen LogP contribution in [0.2, 0.25) is 0 Å². The Hall–Kier alpha value is -2.55. The molecule has 1 aromatic carbocycles. The van der Waals surface area contributed by atoms with E-state index in [0.29, 0.717) is 12.1 Å². The molecule has 0 spiro atoms. The van der Waals surface area contributed by atoms with Crippen LogP contribution in [0.15, 0.2) is 17.0 Å². The van der Waals surface area contributed by atoms with E-state index in [9.17, 15) is 24.8 Å². The average molecular weight is 366 g/mol. The number of carbonyl (C=O) groups is 2. The minimum absolute atomic E-state index is 0.0809. The van der Waals surface area contributed by atoms with E-state index in [0.717, 1.165) is 37.1 Å². The Morgan fingerprint density at radius 1 is 1.36 bits per heavy atom. The summed E-state index contributed by atoms with van der Waals surface area (Å²) in [5.41, 5.74) is -0.242. The fraction of sp³-hybridized carbons (Fsp3) is 0.375. The summed E-state index contributed by atoms with van der Waals surface area (Å²) in [6.07, 6.45) is 4.02. The van der Waals surface area contributed by atoms with Gasteiger partial charge in [-0.15, -0.1) is 0 Å². The van der Waals surface area contributed by atoms with Gasteiger partial charge in [0.2, 0.25) is 5.75 Å². The van der Waals surface area contributed by atoms with Crippen LogP contribution in [-0.2, 0) is 4.79 Å². The molecule has 0 atom stereocenters. The lowest BCUT2D eigenvalue weighted by atomic mass is 10.1. The number of rotatable bonds is 7.